The largest absolute Gasteiger partial charge is 0.457 e. The molecule has 0 spiro atoms. The fourth-order valence-corrected chi connectivity index (χ4v) is 6.66. The molecule has 13 nitrogen and oxygen atoms in total. The molecule has 2 aliphatic heterocycles. The van der Waals surface area contributed by atoms with Gasteiger partial charge in [0.2, 0.25) is 11.8 Å². The SMILES string of the molecule is COCCN(C)C(=O)c1cc2cc(c1)C(=O)N(C)CC(=O)N[C@@H]1CN(C(=O)Cc3cn4ccsc4n3)CC[C@@H]1OCc1cc(F)cc(c1)O2. The molecule has 4 aromatic rings. The van der Waals surface area contributed by atoms with Crippen molar-refractivity contribution in [1.29, 1.82) is 0 Å². The highest BCUT2D eigenvalue weighted by atomic mass is 32.1. The predicted molar refractivity (Wildman–Crippen MR) is 177 cm³/mol. The molecule has 0 saturated carbocycles. The molecule has 1 saturated heterocycles. The molecule has 49 heavy (non-hydrogen) atoms. The number of methoxy groups -OCH3 is 1. The Hall–Kier alpha value is -4.86. The van der Waals surface area contributed by atoms with Crippen LogP contribution in [0.3, 0.4) is 0 Å². The fraction of sp³-hybridized carbons (Fsp3) is 0.382. The van der Waals surface area contributed by atoms with Gasteiger partial charge in [-0.15, -0.1) is 11.3 Å². The average Bonchev–Trinajstić information content (AvgIpc) is 3.67. The van der Waals surface area contributed by atoms with Crippen LogP contribution in [0.4, 0.5) is 4.39 Å². The minimum Gasteiger partial charge on any atom is -0.457 e. The lowest BCUT2D eigenvalue weighted by atomic mass is 10.0. The molecule has 2 atom stereocenters. The number of ether oxygens (including phenoxy) is 3. The number of thiazole rings is 1. The summed E-state index contributed by atoms with van der Waals surface area (Å²) in [7, 11) is 4.61. The molecule has 258 valence electrons. The number of nitrogens with one attached hydrogen (secondary N) is 1. The van der Waals surface area contributed by atoms with E-state index in [1.165, 1.54) is 65.6 Å². The minimum absolute atomic E-state index is 0.0109. The molecular weight excluding hydrogens is 655 g/mol. The third kappa shape index (κ3) is 8.07. The van der Waals surface area contributed by atoms with Gasteiger partial charge in [-0.05, 0) is 42.3 Å². The molecule has 2 aromatic carbocycles. The van der Waals surface area contributed by atoms with Crippen molar-refractivity contribution in [1.82, 2.24) is 29.4 Å². The van der Waals surface area contributed by atoms with Crippen LogP contribution in [-0.2, 0) is 32.1 Å². The lowest BCUT2D eigenvalue weighted by molar-refractivity contribution is -0.136. The number of rotatable bonds is 6. The van der Waals surface area contributed by atoms with Gasteiger partial charge in [0.05, 0.1) is 44.0 Å². The van der Waals surface area contributed by atoms with E-state index in [2.05, 4.69) is 10.3 Å². The first-order valence-corrected chi connectivity index (χ1v) is 16.7. The van der Waals surface area contributed by atoms with E-state index in [0.29, 0.717) is 37.4 Å². The number of nitrogens with zero attached hydrogens (tertiary/aromatic N) is 5. The second kappa shape index (κ2) is 14.7. The Morgan fingerprint density at radius 2 is 1.98 bits per heavy atom. The number of likely N-dealkylation sites (N-methyl/N-ethyl adjacent to an activating group) is 2. The Morgan fingerprint density at radius 1 is 1.16 bits per heavy atom. The van der Waals surface area contributed by atoms with E-state index in [1.54, 1.807) is 18.0 Å². The first kappa shape index (κ1) is 34.0. The highest BCUT2D eigenvalue weighted by Gasteiger charge is 2.34. The topological polar surface area (TPSA) is 135 Å². The van der Waals surface area contributed by atoms with Gasteiger partial charge in [0.25, 0.3) is 11.8 Å². The van der Waals surface area contributed by atoms with Gasteiger partial charge >= 0.3 is 0 Å². The third-order valence-corrected chi connectivity index (χ3v) is 9.23. The summed E-state index contributed by atoms with van der Waals surface area (Å²) in [6.07, 6.45) is 3.74. The van der Waals surface area contributed by atoms with Gasteiger partial charge in [-0.25, -0.2) is 9.37 Å². The van der Waals surface area contributed by atoms with Gasteiger partial charge in [-0.3, -0.25) is 23.6 Å². The fourth-order valence-electron chi connectivity index (χ4n) is 5.94. The summed E-state index contributed by atoms with van der Waals surface area (Å²) < 4.78 is 34.0. The van der Waals surface area contributed by atoms with Crippen molar-refractivity contribution in [3.63, 3.8) is 0 Å². The molecule has 0 unspecified atom stereocenters. The van der Waals surface area contributed by atoms with E-state index in [-0.39, 0.29) is 60.6 Å². The van der Waals surface area contributed by atoms with E-state index >= 15 is 0 Å². The number of imidazole rings is 1. The number of benzene rings is 2. The predicted octanol–water partition coefficient (Wildman–Crippen LogP) is 2.98. The van der Waals surface area contributed by atoms with Gasteiger partial charge in [-0.1, -0.05) is 0 Å². The van der Waals surface area contributed by atoms with Gasteiger partial charge in [0, 0.05) is 75.8 Å². The zero-order chi connectivity index (χ0) is 34.7. The summed E-state index contributed by atoms with van der Waals surface area (Å²) in [6.45, 7) is 0.906. The number of carbonyl (C=O) groups excluding carboxylic acids is 4. The lowest BCUT2D eigenvalue weighted by Gasteiger charge is -2.39. The number of likely N-dealkylation sites (tertiary alicyclic amines) is 1. The Morgan fingerprint density at radius 3 is 2.78 bits per heavy atom. The quantitative estimate of drug-likeness (QED) is 0.326. The molecule has 6 rings (SSSR count). The second-order valence-corrected chi connectivity index (χ2v) is 13.1. The highest BCUT2D eigenvalue weighted by molar-refractivity contribution is 7.15. The third-order valence-electron chi connectivity index (χ3n) is 8.46. The standard InChI is InChI=1S/C34H37FN6O7S/c1-38(6-8-46-3)32(44)22-12-23-14-27(13-22)48-26-11-21(10-24(35)15-26)20-47-29-4-5-40(18-28(29)37-30(42)19-39(2)33(23)45)31(43)16-25-17-41-7-9-49-34(41)36-25/h7,9-15,17,28-29H,4-6,8,16,18-20H2,1-3H3,(H,37,42)/t28-,29+/m1/s1. The van der Waals surface area contributed by atoms with Crippen LogP contribution in [0, 0.1) is 5.82 Å². The zero-order valence-electron chi connectivity index (χ0n) is 27.4. The molecule has 0 aliphatic carbocycles. The van der Waals surface area contributed by atoms with E-state index in [1.807, 2.05) is 22.2 Å². The molecule has 1 fully saturated rings. The summed E-state index contributed by atoms with van der Waals surface area (Å²) in [6, 6.07) is 7.90. The van der Waals surface area contributed by atoms with E-state index in [9.17, 15) is 23.6 Å². The van der Waals surface area contributed by atoms with Crippen LogP contribution in [0.2, 0.25) is 0 Å². The van der Waals surface area contributed by atoms with Gasteiger partial charge in [0.1, 0.15) is 17.3 Å². The van der Waals surface area contributed by atoms with E-state index < -0.39 is 29.8 Å². The maximum absolute atomic E-state index is 14.8. The van der Waals surface area contributed by atoms with Crippen molar-refractivity contribution >= 4 is 39.9 Å². The summed E-state index contributed by atoms with van der Waals surface area (Å²) in [5, 5.41) is 4.88. The van der Waals surface area contributed by atoms with Crippen LogP contribution < -0.4 is 10.1 Å². The van der Waals surface area contributed by atoms with Crippen molar-refractivity contribution in [2.75, 3.05) is 54.0 Å². The van der Waals surface area contributed by atoms with Crippen LogP contribution in [0.5, 0.6) is 11.5 Å². The number of hydrogen-bond donors (Lipinski definition) is 1. The van der Waals surface area contributed by atoms with Crippen molar-refractivity contribution in [3.8, 4) is 11.5 Å². The van der Waals surface area contributed by atoms with Crippen LogP contribution >= 0.6 is 11.3 Å². The Labute approximate surface area is 286 Å². The molecule has 15 heteroatoms. The number of amides is 4. The van der Waals surface area contributed by atoms with Crippen LogP contribution in [-0.4, -0.2) is 114 Å². The van der Waals surface area contributed by atoms with Crippen molar-refractivity contribution in [2.45, 2.75) is 31.6 Å². The Balaban J connectivity index is 1.26. The van der Waals surface area contributed by atoms with Crippen molar-refractivity contribution in [2.24, 2.45) is 0 Å². The average molecular weight is 693 g/mol. The molecule has 4 heterocycles. The first-order valence-electron chi connectivity index (χ1n) is 15.8. The minimum atomic E-state index is -0.605. The number of hydrogen-bond acceptors (Lipinski definition) is 9. The molecule has 2 aliphatic rings. The molecule has 4 amide bonds. The van der Waals surface area contributed by atoms with Gasteiger partial charge in [-0.2, -0.15) is 0 Å². The van der Waals surface area contributed by atoms with Gasteiger partial charge < -0.3 is 34.2 Å². The molecule has 4 bridgehead atoms. The summed E-state index contributed by atoms with van der Waals surface area (Å²) in [5.74, 6) is -1.78. The zero-order valence-corrected chi connectivity index (χ0v) is 28.2. The first-order chi connectivity index (χ1) is 23.6. The Kier molecular flexibility index (Phi) is 10.2. The molecule has 1 N–H and O–H groups in total. The Bertz CT molecular complexity index is 1850. The molecular formula is C34H37FN6O7S. The van der Waals surface area contributed by atoms with Crippen molar-refractivity contribution < 1.29 is 37.8 Å². The molecule has 0 radical (unpaired) electrons. The summed E-state index contributed by atoms with van der Waals surface area (Å²) in [4.78, 5) is 63.3. The van der Waals surface area contributed by atoms with Crippen molar-refractivity contribution in [3.05, 3.63) is 82.4 Å². The number of halogens is 1. The summed E-state index contributed by atoms with van der Waals surface area (Å²) in [5.41, 5.74) is 1.41. The highest BCUT2D eigenvalue weighted by Crippen LogP contribution is 2.28. The number of carbonyl (C=O) groups is 4. The maximum Gasteiger partial charge on any atom is 0.254 e. The normalized spacial score (nSPS) is 18.5. The van der Waals surface area contributed by atoms with E-state index in [4.69, 9.17) is 14.2 Å². The number of fused-ring (bicyclic) bond motifs is 6. The van der Waals surface area contributed by atoms with Crippen LogP contribution in [0.15, 0.2) is 54.2 Å². The second-order valence-electron chi connectivity index (χ2n) is 12.2. The van der Waals surface area contributed by atoms with Gasteiger partial charge in [0.15, 0.2) is 4.96 Å². The number of piperidine rings is 1. The van der Waals surface area contributed by atoms with Crippen LogP contribution in [0.25, 0.3) is 4.96 Å². The molecule has 2 aromatic heterocycles. The smallest absolute Gasteiger partial charge is 0.254 e. The number of aromatic nitrogens is 2. The van der Waals surface area contributed by atoms with Crippen LogP contribution in [0.1, 0.15) is 38.4 Å². The lowest BCUT2D eigenvalue weighted by Crippen LogP contribution is -2.58. The maximum atomic E-state index is 14.8. The monoisotopic (exact) mass is 692 g/mol. The van der Waals surface area contributed by atoms with E-state index in [0.717, 1.165) is 4.96 Å². The summed E-state index contributed by atoms with van der Waals surface area (Å²) >= 11 is 1.48.